The molecule has 5 nitrogen and oxygen atoms in total. The molecule has 20 heavy (non-hydrogen) atoms. The van der Waals surface area contributed by atoms with Gasteiger partial charge in [0.05, 0.1) is 10.6 Å². The molecule has 0 radical (unpaired) electrons. The number of nitrogens with zero attached hydrogens (tertiary/aromatic N) is 1. The Labute approximate surface area is 125 Å². The van der Waals surface area contributed by atoms with E-state index in [0.717, 1.165) is 11.3 Å². The van der Waals surface area contributed by atoms with E-state index in [1.807, 2.05) is 0 Å². The summed E-state index contributed by atoms with van der Waals surface area (Å²) in [6, 6.07) is 6.20. The summed E-state index contributed by atoms with van der Waals surface area (Å²) in [5.41, 5.74) is 6.00. The van der Waals surface area contributed by atoms with Gasteiger partial charge >= 0.3 is 4.87 Å². The van der Waals surface area contributed by atoms with E-state index in [1.165, 1.54) is 16.7 Å². The molecule has 0 atom stereocenters. The van der Waals surface area contributed by atoms with Crippen LogP contribution in [0.1, 0.15) is 5.56 Å². The molecular weight excluding hydrogens is 316 g/mol. The van der Waals surface area contributed by atoms with Crippen LogP contribution < -0.4 is 10.6 Å². The number of thiocarbonyl (C=S) groups is 1. The first kappa shape index (κ1) is 14.9. The Kier molecular flexibility index (Phi) is 4.36. The molecule has 0 unspecified atom stereocenters. The number of nitrogens with two attached hydrogens (primary N) is 1. The van der Waals surface area contributed by atoms with Gasteiger partial charge in [0.15, 0.2) is 9.84 Å². The summed E-state index contributed by atoms with van der Waals surface area (Å²) in [6.07, 6.45) is 1.58. The fourth-order valence-corrected chi connectivity index (χ4v) is 3.64. The largest absolute Gasteiger partial charge is 0.389 e. The Balaban J connectivity index is 2.22. The standard InChI is InChI=1S/C12H12N2O3S3/c13-11(18)9-2-1-3-10(8-9)20(16,17)7-5-14-4-6-19-12(14)15/h1-4,6,8H,5,7H2,(H2,13,18). The van der Waals surface area contributed by atoms with Crippen molar-refractivity contribution in [1.29, 1.82) is 0 Å². The maximum Gasteiger partial charge on any atom is 0.307 e. The van der Waals surface area contributed by atoms with Gasteiger partial charge in [0, 0.05) is 23.7 Å². The zero-order valence-corrected chi connectivity index (χ0v) is 12.8. The second-order valence-electron chi connectivity index (χ2n) is 4.07. The quantitative estimate of drug-likeness (QED) is 0.829. The first-order valence-corrected chi connectivity index (χ1v) is 8.61. The highest BCUT2D eigenvalue weighted by Gasteiger charge is 2.15. The molecule has 2 aromatic rings. The van der Waals surface area contributed by atoms with E-state index in [9.17, 15) is 13.2 Å². The minimum atomic E-state index is -3.48. The van der Waals surface area contributed by atoms with Crippen molar-refractivity contribution in [2.75, 3.05) is 5.75 Å². The van der Waals surface area contributed by atoms with E-state index in [1.54, 1.807) is 23.7 Å². The van der Waals surface area contributed by atoms with Crippen molar-refractivity contribution >= 4 is 38.4 Å². The third-order valence-electron chi connectivity index (χ3n) is 2.72. The summed E-state index contributed by atoms with van der Waals surface area (Å²) >= 11 is 5.87. The molecule has 8 heteroatoms. The molecule has 0 saturated carbocycles. The maximum absolute atomic E-state index is 12.2. The SMILES string of the molecule is NC(=S)c1cccc(S(=O)(=O)CCn2ccsc2=O)c1. The molecule has 1 heterocycles. The van der Waals surface area contributed by atoms with Gasteiger partial charge in [-0.3, -0.25) is 4.79 Å². The number of sulfone groups is 1. The Morgan fingerprint density at radius 3 is 2.75 bits per heavy atom. The van der Waals surface area contributed by atoms with Gasteiger partial charge in [-0.2, -0.15) is 0 Å². The fourth-order valence-electron chi connectivity index (χ4n) is 1.64. The number of hydrogen-bond donors (Lipinski definition) is 1. The molecule has 0 fully saturated rings. The molecule has 0 amide bonds. The molecule has 1 aromatic heterocycles. The molecular formula is C12H12N2O3S3. The van der Waals surface area contributed by atoms with E-state index in [4.69, 9.17) is 18.0 Å². The number of thiazole rings is 1. The van der Waals surface area contributed by atoms with Gasteiger partial charge in [-0.05, 0) is 12.1 Å². The maximum atomic E-state index is 12.2. The predicted octanol–water partition coefficient (Wildman–Crippen LogP) is 1.02. The fraction of sp³-hybridized carbons (Fsp3) is 0.167. The second-order valence-corrected chi connectivity index (χ2v) is 7.48. The number of rotatable bonds is 5. The van der Waals surface area contributed by atoms with Crippen LogP contribution in [0.15, 0.2) is 45.5 Å². The van der Waals surface area contributed by atoms with Gasteiger partial charge in [-0.25, -0.2) is 8.42 Å². The second kappa shape index (κ2) is 5.86. The third kappa shape index (κ3) is 3.33. The minimum Gasteiger partial charge on any atom is -0.389 e. The van der Waals surface area contributed by atoms with Crippen LogP contribution >= 0.6 is 23.6 Å². The van der Waals surface area contributed by atoms with Gasteiger partial charge in [-0.15, -0.1) is 0 Å². The minimum absolute atomic E-state index is 0.127. The van der Waals surface area contributed by atoms with Gasteiger partial charge in [0.1, 0.15) is 4.99 Å². The number of aryl methyl sites for hydroxylation is 1. The summed E-state index contributed by atoms with van der Waals surface area (Å²) in [7, 11) is -3.48. The van der Waals surface area contributed by atoms with Crippen LogP contribution in [-0.4, -0.2) is 23.7 Å². The topological polar surface area (TPSA) is 82.2 Å². The molecule has 2 rings (SSSR count). The van der Waals surface area contributed by atoms with Crippen LogP contribution in [0.5, 0.6) is 0 Å². The zero-order chi connectivity index (χ0) is 14.8. The predicted molar refractivity (Wildman–Crippen MR) is 83.0 cm³/mol. The lowest BCUT2D eigenvalue weighted by Gasteiger charge is -2.06. The average Bonchev–Trinajstić information content (AvgIpc) is 2.82. The number of benzene rings is 1. The van der Waals surface area contributed by atoms with Crippen molar-refractivity contribution in [2.24, 2.45) is 5.73 Å². The Hall–Kier alpha value is -1.51. The van der Waals surface area contributed by atoms with Gasteiger partial charge in [0.25, 0.3) is 0 Å². The van der Waals surface area contributed by atoms with E-state index in [0.29, 0.717) is 5.56 Å². The lowest BCUT2D eigenvalue weighted by atomic mass is 10.2. The van der Waals surface area contributed by atoms with E-state index >= 15 is 0 Å². The van der Waals surface area contributed by atoms with Crippen LogP contribution in [0.2, 0.25) is 0 Å². The van der Waals surface area contributed by atoms with E-state index in [2.05, 4.69) is 0 Å². The van der Waals surface area contributed by atoms with Crippen LogP contribution in [0.3, 0.4) is 0 Å². The summed E-state index contributed by atoms with van der Waals surface area (Å²) in [4.78, 5) is 11.5. The molecule has 0 spiro atoms. The molecule has 0 aliphatic carbocycles. The van der Waals surface area contributed by atoms with Crippen molar-refractivity contribution in [3.63, 3.8) is 0 Å². The number of aromatic nitrogens is 1. The van der Waals surface area contributed by atoms with Crippen molar-refractivity contribution < 1.29 is 8.42 Å². The normalized spacial score (nSPS) is 11.4. The Morgan fingerprint density at radius 2 is 2.15 bits per heavy atom. The van der Waals surface area contributed by atoms with Gasteiger partial charge < -0.3 is 10.3 Å². The monoisotopic (exact) mass is 328 g/mol. The van der Waals surface area contributed by atoms with Crippen molar-refractivity contribution in [1.82, 2.24) is 4.57 Å². The van der Waals surface area contributed by atoms with Crippen LogP contribution in [-0.2, 0) is 16.4 Å². The first-order chi connectivity index (χ1) is 9.40. The number of hydrogen-bond acceptors (Lipinski definition) is 5. The molecule has 0 aliphatic heterocycles. The Morgan fingerprint density at radius 1 is 1.40 bits per heavy atom. The first-order valence-electron chi connectivity index (χ1n) is 5.67. The summed E-state index contributed by atoms with van der Waals surface area (Å²) in [6.45, 7) is 0.127. The van der Waals surface area contributed by atoms with E-state index < -0.39 is 9.84 Å². The van der Waals surface area contributed by atoms with Crippen LogP contribution in [0.4, 0.5) is 0 Å². The smallest absolute Gasteiger partial charge is 0.307 e. The van der Waals surface area contributed by atoms with Crippen LogP contribution in [0.25, 0.3) is 0 Å². The van der Waals surface area contributed by atoms with Gasteiger partial charge in [-0.1, -0.05) is 35.7 Å². The molecule has 1 aromatic carbocycles. The lowest BCUT2D eigenvalue weighted by molar-refractivity contribution is 0.588. The zero-order valence-electron chi connectivity index (χ0n) is 10.4. The highest BCUT2D eigenvalue weighted by molar-refractivity contribution is 7.91. The molecule has 0 bridgehead atoms. The lowest BCUT2D eigenvalue weighted by Crippen LogP contribution is -2.19. The van der Waals surface area contributed by atoms with Crippen molar-refractivity contribution in [3.8, 4) is 0 Å². The Bertz CT molecular complexity index is 790. The molecule has 0 aliphatic rings. The van der Waals surface area contributed by atoms with Crippen molar-refractivity contribution in [2.45, 2.75) is 11.4 Å². The van der Waals surface area contributed by atoms with Crippen molar-refractivity contribution in [3.05, 3.63) is 51.1 Å². The van der Waals surface area contributed by atoms with E-state index in [-0.39, 0.29) is 27.1 Å². The molecule has 2 N–H and O–H groups in total. The highest BCUT2D eigenvalue weighted by atomic mass is 32.2. The van der Waals surface area contributed by atoms with Gasteiger partial charge in [0.2, 0.25) is 0 Å². The molecule has 106 valence electrons. The highest BCUT2D eigenvalue weighted by Crippen LogP contribution is 2.14. The summed E-state index contributed by atoms with van der Waals surface area (Å²) in [5, 5.41) is 1.63. The third-order valence-corrected chi connectivity index (χ3v) is 5.34. The average molecular weight is 328 g/mol. The summed E-state index contributed by atoms with van der Waals surface area (Å²) < 4.78 is 25.8. The molecule has 0 saturated heterocycles. The summed E-state index contributed by atoms with van der Waals surface area (Å²) in [5.74, 6) is -0.148. The van der Waals surface area contributed by atoms with Crippen LogP contribution in [0, 0.1) is 0 Å².